The third-order valence-electron chi connectivity index (χ3n) is 3.33. The fourth-order valence-corrected chi connectivity index (χ4v) is 3.12. The van der Waals surface area contributed by atoms with Gasteiger partial charge in [0.2, 0.25) is 0 Å². The molecule has 2 nitrogen and oxygen atoms in total. The molecule has 3 aromatic rings. The van der Waals surface area contributed by atoms with E-state index in [9.17, 15) is 4.39 Å². The predicted octanol–water partition coefficient (Wildman–Crippen LogP) is 5.16. The van der Waals surface area contributed by atoms with Gasteiger partial charge in [0.15, 0.2) is 0 Å². The van der Waals surface area contributed by atoms with E-state index in [1.807, 2.05) is 30.5 Å². The molecule has 21 heavy (non-hydrogen) atoms. The SMILES string of the molecule is C/C=C(\C=N)c1ccc2scc(-c3ccc(F)cc3)c2n1. The molecule has 0 unspecified atom stereocenters. The van der Waals surface area contributed by atoms with Crippen molar-refractivity contribution >= 4 is 33.3 Å². The summed E-state index contributed by atoms with van der Waals surface area (Å²) in [6.07, 6.45) is 3.17. The van der Waals surface area contributed by atoms with Crippen molar-refractivity contribution in [2.45, 2.75) is 6.92 Å². The molecule has 104 valence electrons. The van der Waals surface area contributed by atoms with Gasteiger partial charge in [0.1, 0.15) is 5.82 Å². The van der Waals surface area contributed by atoms with Crippen molar-refractivity contribution in [2.75, 3.05) is 0 Å². The molecule has 1 N–H and O–H groups in total. The fourth-order valence-electron chi connectivity index (χ4n) is 2.21. The molecule has 1 aromatic carbocycles. The number of thiophene rings is 1. The van der Waals surface area contributed by atoms with Crippen LogP contribution in [0.5, 0.6) is 0 Å². The van der Waals surface area contributed by atoms with E-state index < -0.39 is 0 Å². The van der Waals surface area contributed by atoms with Gasteiger partial charge >= 0.3 is 0 Å². The van der Waals surface area contributed by atoms with E-state index in [0.717, 1.165) is 32.6 Å². The van der Waals surface area contributed by atoms with Gasteiger partial charge in [-0.2, -0.15) is 0 Å². The Morgan fingerprint density at radius 1 is 1.19 bits per heavy atom. The van der Waals surface area contributed by atoms with E-state index in [2.05, 4.69) is 4.98 Å². The van der Waals surface area contributed by atoms with Crippen molar-refractivity contribution in [3.63, 3.8) is 0 Å². The number of nitrogens with zero attached hydrogens (tertiary/aromatic N) is 1. The first-order chi connectivity index (χ1) is 10.2. The molecule has 0 radical (unpaired) electrons. The number of hydrogen-bond acceptors (Lipinski definition) is 3. The van der Waals surface area contributed by atoms with Crippen LogP contribution >= 0.6 is 11.3 Å². The largest absolute Gasteiger partial charge is 0.308 e. The summed E-state index contributed by atoms with van der Waals surface area (Å²) >= 11 is 1.62. The Bertz CT molecular complexity index is 832. The first-order valence-corrected chi connectivity index (χ1v) is 7.42. The summed E-state index contributed by atoms with van der Waals surface area (Å²) in [5, 5.41) is 9.47. The molecule has 0 fully saturated rings. The maximum absolute atomic E-state index is 13.1. The van der Waals surface area contributed by atoms with Crippen molar-refractivity contribution in [1.29, 1.82) is 5.41 Å². The average molecular weight is 296 g/mol. The summed E-state index contributed by atoms with van der Waals surface area (Å²) < 4.78 is 14.1. The van der Waals surface area contributed by atoms with Gasteiger partial charge in [-0.1, -0.05) is 18.2 Å². The van der Waals surface area contributed by atoms with Crippen molar-refractivity contribution in [3.8, 4) is 11.1 Å². The normalized spacial score (nSPS) is 11.8. The molecule has 0 amide bonds. The van der Waals surface area contributed by atoms with Crippen molar-refractivity contribution in [1.82, 2.24) is 4.98 Å². The molecule has 0 aliphatic rings. The van der Waals surface area contributed by atoms with Gasteiger partial charge < -0.3 is 5.41 Å². The van der Waals surface area contributed by atoms with Crippen LogP contribution in [-0.4, -0.2) is 11.2 Å². The summed E-state index contributed by atoms with van der Waals surface area (Å²) in [5.41, 5.74) is 4.40. The summed E-state index contributed by atoms with van der Waals surface area (Å²) in [5.74, 6) is -0.244. The van der Waals surface area contributed by atoms with E-state index >= 15 is 0 Å². The van der Waals surface area contributed by atoms with Crippen molar-refractivity contribution < 1.29 is 4.39 Å². The van der Waals surface area contributed by atoms with E-state index in [0.29, 0.717) is 0 Å². The molecule has 0 spiro atoms. The zero-order valence-electron chi connectivity index (χ0n) is 11.4. The van der Waals surface area contributed by atoms with Crippen LogP contribution < -0.4 is 0 Å². The van der Waals surface area contributed by atoms with Gasteiger partial charge in [-0.05, 0) is 36.8 Å². The second kappa shape index (κ2) is 5.58. The summed E-state index contributed by atoms with van der Waals surface area (Å²) in [7, 11) is 0. The first kappa shape index (κ1) is 13.6. The minimum Gasteiger partial charge on any atom is -0.308 e. The van der Waals surface area contributed by atoms with E-state index in [1.165, 1.54) is 18.3 Å². The molecule has 4 heteroatoms. The number of nitrogens with one attached hydrogen (secondary N) is 1. The zero-order chi connectivity index (χ0) is 14.8. The molecule has 0 saturated carbocycles. The fraction of sp³-hybridized carbons (Fsp3) is 0.0588. The Morgan fingerprint density at radius 3 is 2.62 bits per heavy atom. The Balaban J connectivity index is 2.18. The van der Waals surface area contributed by atoms with Crippen LogP contribution in [-0.2, 0) is 0 Å². The standard InChI is InChI=1S/C17H13FN2S/c1-2-11(9-19)15-7-8-16-17(20-15)14(10-21-16)12-3-5-13(18)6-4-12/h2-10,19H,1H3/b11-2+,19-9?. The van der Waals surface area contributed by atoms with E-state index in [1.54, 1.807) is 23.5 Å². The number of halogens is 1. The molecular formula is C17H13FN2S. The van der Waals surface area contributed by atoms with Crippen LogP contribution in [0.1, 0.15) is 12.6 Å². The monoisotopic (exact) mass is 296 g/mol. The summed E-state index contributed by atoms with van der Waals surface area (Å²) in [6.45, 7) is 1.89. The van der Waals surface area contributed by atoms with E-state index in [4.69, 9.17) is 5.41 Å². The highest BCUT2D eigenvalue weighted by atomic mass is 32.1. The van der Waals surface area contributed by atoms with Gasteiger partial charge in [-0.15, -0.1) is 11.3 Å². The Labute approximate surface area is 126 Å². The number of allylic oxidation sites excluding steroid dienone is 2. The highest BCUT2D eigenvalue weighted by molar-refractivity contribution is 7.17. The van der Waals surface area contributed by atoms with E-state index in [-0.39, 0.29) is 5.82 Å². The molecular weight excluding hydrogens is 283 g/mol. The highest BCUT2D eigenvalue weighted by Gasteiger charge is 2.10. The molecule has 0 aliphatic heterocycles. The number of pyridine rings is 1. The van der Waals surface area contributed by atoms with Gasteiger partial charge in [-0.25, -0.2) is 9.37 Å². The van der Waals surface area contributed by atoms with Crippen molar-refractivity contribution in [2.24, 2.45) is 0 Å². The predicted molar refractivity (Wildman–Crippen MR) is 87.4 cm³/mol. The van der Waals surface area contributed by atoms with Gasteiger partial charge in [-0.3, -0.25) is 0 Å². The van der Waals surface area contributed by atoms with Crippen LogP contribution in [0.25, 0.3) is 26.9 Å². The highest BCUT2D eigenvalue weighted by Crippen LogP contribution is 2.33. The second-order valence-corrected chi connectivity index (χ2v) is 5.50. The smallest absolute Gasteiger partial charge is 0.123 e. The lowest BCUT2D eigenvalue weighted by atomic mass is 10.1. The number of aromatic nitrogens is 1. The molecule has 0 aliphatic carbocycles. The lowest BCUT2D eigenvalue weighted by molar-refractivity contribution is 0.628. The van der Waals surface area contributed by atoms with Crippen LogP contribution in [0.3, 0.4) is 0 Å². The van der Waals surface area contributed by atoms with Gasteiger partial charge in [0.25, 0.3) is 0 Å². The Kier molecular flexibility index (Phi) is 3.62. The van der Waals surface area contributed by atoms with Crippen LogP contribution in [0, 0.1) is 11.2 Å². The third-order valence-corrected chi connectivity index (χ3v) is 4.27. The number of hydrogen-bond donors (Lipinski definition) is 1. The number of benzene rings is 1. The lowest BCUT2D eigenvalue weighted by Gasteiger charge is -2.03. The van der Waals surface area contributed by atoms with Crippen molar-refractivity contribution in [3.05, 3.63) is 59.4 Å². The Morgan fingerprint density at radius 2 is 1.95 bits per heavy atom. The van der Waals surface area contributed by atoms with Crippen LogP contribution in [0.4, 0.5) is 4.39 Å². The zero-order valence-corrected chi connectivity index (χ0v) is 12.2. The molecule has 3 rings (SSSR count). The summed E-state index contributed by atoms with van der Waals surface area (Å²) in [4.78, 5) is 4.67. The maximum atomic E-state index is 13.1. The molecule has 0 bridgehead atoms. The molecule has 2 aromatic heterocycles. The second-order valence-electron chi connectivity index (χ2n) is 4.59. The van der Waals surface area contributed by atoms with Crippen LogP contribution in [0.2, 0.25) is 0 Å². The van der Waals surface area contributed by atoms with Gasteiger partial charge in [0.05, 0.1) is 15.9 Å². The number of rotatable bonds is 3. The Hall–Kier alpha value is -2.33. The minimum atomic E-state index is -0.244. The van der Waals surface area contributed by atoms with Gasteiger partial charge in [0, 0.05) is 22.7 Å². The quantitative estimate of drug-likeness (QED) is 0.666. The molecule has 0 saturated heterocycles. The van der Waals surface area contributed by atoms with Crippen LogP contribution in [0.15, 0.2) is 47.9 Å². The molecule has 0 atom stereocenters. The average Bonchev–Trinajstić information content (AvgIpc) is 2.93. The minimum absolute atomic E-state index is 0.244. The molecule has 2 heterocycles. The maximum Gasteiger partial charge on any atom is 0.123 e. The topological polar surface area (TPSA) is 36.7 Å². The lowest BCUT2D eigenvalue weighted by Crippen LogP contribution is -1.90. The third kappa shape index (κ3) is 2.50. The number of fused-ring (bicyclic) bond motifs is 1. The summed E-state index contributed by atoms with van der Waals surface area (Å²) in [6, 6.07) is 10.4. The first-order valence-electron chi connectivity index (χ1n) is 6.54.